The zero-order valence-corrected chi connectivity index (χ0v) is 16.1. The van der Waals surface area contributed by atoms with Gasteiger partial charge >= 0.3 is 6.03 Å². The minimum atomic E-state index is -0.606. The van der Waals surface area contributed by atoms with Gasteiger partial charge in [-0.05, 0) is 42.5 Å². The summed E-state index contributed by atoms with van der Waals surface area (Å²) in [5, 5.41) is 10.8. The van der Waals surface area contributed by atoms with Gasteiger partial charge in [-0.1, -0.05) is 18.2 Å². The Labute approximate surface area is 169 Å². The minimum absolute atomic E-state index is 0.0265. The molecule has 1 heterocycles. The average Bonchev–Trinajstić information content (AvgIpc) is 3.13. The fourth-order valence-corrected chi connectivity index (χ4v) is 3.20. The molecule has 0 saturated carbocycles. The van der Waals surface area contributed by atoms with Crippen molar-refractivity contribution in [1.29, 1.82) is 0 Å². The molecule has 2 aromatic carbocycles. The van der Waals surface area contributed by atoms with Crippen LogP contribution in [0.2, 0.25) is 0 Å². The molecule has 0 spiro atoms. The van der Waals surface area contributed by atoms with Crippen LogP contribution in [0.3, 0.4) is 0 Å². The number of carbonyl (C=O) groups is 3. The lowest BCUT2D eigenvalue weighted by Crippen LogP contribution is -2.18. The van der Waals surface area contributed by atoms with Crippen molar-refractivity contribution in [3.8, 4) is 0 Å². The third-order valence-electron chi connectivity index (χ3n) is 3.63. The molecule has 7 nitrogen and oxygen atoms in total. The van der Waals surface area contributed by atoms with Gasteiger partial charge in [0.2, 0.25) is 5.91 Å². The SMILES string of the molecule is CC(=O)Nc1cc(NC(=O)c2ccc(NC(=O)Nc3ccccc3)s2)ccc1F. The number of para-hydroxylation sites is 1. The molecule has 29 heavy (non-hydrogen) atoms. The normalized spacial score (nSPS) is 10.1. The van der Waals surface area contributed by atoms with E-state index in [1.807, 2.05) is 6.07 Å². The molecule has 4 N–H and O–H groups in total. The van der Waals surface area contributed by atoms with Crippen LogP contribution >= 0.6 is 11.3 Å². The van der Waals surface area contributed by atoms with Crippen molar-refractivity contribution in [3.63, 3.8) is 0 Å². The van der Waals surface area contributed by atoms with Gasteiger partial charge in [0.05, 0.1) is 15.6 Å². The summed E-state index contributed by atoms with van der Waals surface area (Å²) in [6, 6.07) is 15.6. The summed E-state index contributed by atoms with van der Waals surface area (Å²) < 4.78 is 13.7. The summed E-state index contributed by atoms with van der Waals surface area (Å²) in [4.78, 5) is 35.9. The number of benzene rings is 2. The molecule has 0 aliphatic rings. The molecule has 0 atom stereocenters. The van der Waals surface area contributed by atoms with Crippen LogP contribution in [-0.2, 0) is 4.79 Å². The van der Waals surface area contributed by atoms with E-state index in [9.17, 15) is 18.8 Å². The van der Waals surface area contributed by atoms with Crippen molar-refractivity contribution in [2.45, 2.75) is 6.92 Å². The number of carbonyl (C=O) groups excluding carboxylic acids is 3. The van der Waals surface area contributed by atoms with Crippen LogP contribution in [0.4, 0.5) is 31.2 Å². The van der Waals surface area contributed by atoms with Gasteiger partial charge in [-0.15, -0.1) is 11.3 Å². The lowest BCUT2D eigenvalue weighted by atomic mass is 10.2. The molecule has 148 valence electrons. The van der Waals surface area contributed by atoms with Gasteiger partial charge in [0.25, 0.3) is 5.91 Å². The van der Waals surface area contributed by atoms with Crippen molar-refractivity contribution in [2.75, 3.05) is 21.3 Å². The molecular weight excluding hydrogens is 395 g/mol. The van der Waals surface area contributed by atoms with E-state index in [2.05, 4.69) is 21.3 Å². The van der Waals surface area contributed by atoms with E-state index in [0.717, 1.165) is 17.4 Å². The summed E-state index contributed by atoms with van der Waals surface area (Å²) in [7, 11) is 0. The van der Waals surface area contributed by atoms with Crippen LogP contribution in [0.1, 0.15) is 16.6 Å². The monoisotopic (exact) mass is 412 g/mol. The fraction of sp³-hybridized carbons (Fsp3) is 0.0500. The van der Waals surface area contributed by atoms with Crippen molar-refractivity contribution < 1.29 is 18.8 Å². The van der Waals surface area contributed by atoms with Gasteiger partial charge in [-0.2, -0.15) is 0 Å². The molecule has 0 unspecified atom stereocenters. The number of urea groups is 1. The molecule has 3 aromatic rings. The molecular formula is C20H17FN4O3S. The number of thiophene rings is 1. The number of hydrogen-bond acceptors (Lipinski definition) is 4. The van der Waals surface area contributed by atoms with E-state index in [1.165, 1.54) is 19.1 Å². The second-order valence-electron chi connectivity index (χ2n) is 5.94. The molecule has 0 radical (unpaired) electrons. The molecule has 0 saturated heterocycles. The predicted octanol–water partition coefficient (Wildman–Crippen LogP) is 4.74. The number of anilines is 4. The van der Waals surface area contributed by atoms with Crippen LogP contribution in [0.15, 0.2) is 60.7 Å². The Balaban J connectivity index is 1.62. The Kier molecular flexibility index (Phi) is 6.20. The summed E-state index contributed by atoms with van der Waals surface area (Å²) in [6.45, 7) is 1.26. The Hall–Kier alpha value is -3.72. The zero-order chi connectivity index (χ0) is 20.8. The maximum Gasteiger partial charge on any atom is 0.324 e. The lowest BCUT2D eigenvalue weighted by molar-refractivity contribution is -0.114. The third kappa shape index (κ3) is 5.63. The molecule has 0 aliphatic carbocycles. The highest BCUT2D eigenvalue weighted by atomic mass is 32.1. The van der Waals surface area contributed by atoms with E-state index in [4.69, 9.17) is 0 Å². The Morgan fingerprint density at radius 1 is 0.828 bits per heavy atom. The van der Waals surface area contributed by atoms with Crippen molar-refractivity contribution >= 4 is 51.2 Å². The topological polar surface area (TPSA) is 99.3 Å². The van der Waals surface area contributed by atoms with Crippen LogP contribution in [0.25, 0.3) is 0 Å². The predicted molar refractivity (Wildman–Crippen MR) is 112 cm³/mol. The van der Waals surface area contributed by atoms with Gasteiger partial charge < -0.3 is 16.0 Å². The van der Waals surface area contributed by atoms with E-state index in [-0.39, 0.29) is 5.69 Å². The second-order valence-corrected chi connectivity index (χ2v) is 7.02. The molecule has 4 amide bonds. The van der Waals surface area contributed by atoms with Crippen LogP contribution < -0.4 is 21.3 Å². The molecule has 9 heteroatoms. The number of nitrogens with one attached hydrogen (secondary N) is 4. The lowest BCUT2D eigenvalue weighted by Gasteiger charge is -2.08. The molecule has 0 bridgehead atoms. The highest BCUT2D eigenvalue weighted by Gasteiger charge is 2.13. The van der Waals surface area contributed by atoms with Gasteiger partial charge in [0, 0.05) is 18.3 Å². The Morgan fingerprint density at radius 3 is 2.31 bits per heavy atom. The van der Waals surface area contributed by atoms with Gasteiger partial charge in [0.15, 0.2) is 0 Å². The fourth-order valence-electron chi connectivity index (χ4n) is 2.40. The average molecular weight is 412 g/mol. The largest absolute Gasteiger partial charge is 0.324 e. The van der Waals surface area contributed by atoms with E-state index in [1.54, 1.807) is 36.4 Å². The van der Waals surface area contributed by atoms with Gasteiger partial charge in [0.1, 0.15) is 5.82 Å². The van der Waals surface area contributed by atoms with E-state index < -0.39 is 23.7 Å². The van der Waals surface area contributed by atoms with Crippen molar-refractivity contribution in [3.05, 3.63) is 71.4 Å². The first-order chi connectivity index (χ1) is 13.9. The maximum atomic E-state index is 13.7. The summed E-state index contributed by atoms with van der Waals surface area (Å²) in [6.07, 6.45) is 0. The molecule has 3 rings (SSSR count). The van der Waals surface area contributed by atoms with Crippen molar-refractivity contribution in [2.24, 2.45) is 0 Å². The Morgan fingerprint density at radius 2 is 1.59 bits per heavy atom. The third-order valence-corrected chi connectivity index (χ3v) is 4.63. The maximum absolute atomic E-state index is 13.7. The first-order valence-corrected chi connectivity index (χ1v) is 9.34. The second kappa shape index (κ2) is 8.98. The zero-order valence-electron chi connectivity index (χ0n) is 15.3. The van der Waals surface area contributed by atoms with Gasteiger partial charge in [-0.25, -0.2) is 9.18 Å². The van der Waals surface area contributed by atoms with E-state index in [0.29, 0.717) is 21.3 Å². The van der Waals surface area contributed by atoms with Gasteiger partial charge in [-0.3, -0.25) is 14.9 Å². The number of amides is 4. The number of halogens is 1. The van der Waals surface area contributed by atoms with Crippen LogP contribution in [-0.4, -0.2) is 17.8 Å². The van der Waals surface area contributed by atoms with Crippen LogP contribution in [0, 0.1) is 5.82 Å². The Bertz CT molecular complexity index is 1050. The standard InChI is InChI=1S/C20H17FN4O3S/c1-12(26)22-16-11-14(7-8-15(16)21)23-19(27)17-9-10-18(29-17)25-20(28)24-13-5-3-2-4-6-13/h2-11H,1H3,(H,22,26)(H,23,27)(H2,24,25,28). The first kappa shape index (κ1) is 20.0. The highest BCUT2D eigenvalue weighted by molar-refractivity contribution is 7.18. The van der Waals surface area contributed by atoms with Crippen LogP contribution in [0.5, 0.6) is 0 Å². The summed E-state index contributed by atoms with van der Waals surface area (Å²) in [5.41, 5.74) is 0.942. The number of hydrogen-bond donors (Lipinski definition) is 4. The summed E-state index contributed by atoms with van der Waals surface area (Å²) in [5.74, 6) is -1.45. The van der Waals surface area contributed by atoms with E-state index >= 15 is 0 Å². The first-order valence-electron chi connectivity index (χ1n) is 8.52. The highest BCUT2D eigenvalue weighted by Crippen LogP contribution is 2.25. The summed E-state index contributed by atoms with van der Waals surface area (Å²) >= 11 is 1.09. The minimum Gasteiger partial charge on any atom is -0.324 e. The quantitative estimate of drug-likeness (QED) is 0.487. The smallest absolute Gasteiger partial charge is 0.324 e. The molecule has 0 aliphatic heterocycles. The molecule has 0 fully saturated rings. The molecule has 1 aromatic heterocycles. The van der Waals surface area contributed by atoms with Crippen molar-refractivity contribution in [1.82, 2.24) is 0 Å². The number of rotatable bonds is 5.